The number of amides is 3. The standard InChI is InChI=1S/C37H42N6O7/c1-23(10-7-8-17-42-21-32(40-41-42)30(22-44)27-12-5-4-6-13-27)37(50)31-19-29(39-35(48)25(3)46)15-16-33(31)43(36(37)49)20-26-11-9-14-28(18-26)38-34(47)24(2)45/h4-7,9-16,18-19,21,23-25,30,44-46,50H,8,17,20,22H2,1-3H3,(H,38,47)(H,39,48)/b10-7+/t23-,24-,25-,30?,37+/m0/s1. The van der Waals surface area contributed by atoms with Gasteiger partial charge in [-0.1, -0.05) is 66.8 Å². The van der Waals surface area contributed by atoms with Crippen LogP contribution >= 0.6 is 0 Å². The fraction of sp³-hybridized carbons (Fsp3) is 0.324. The minimum atomic E-state index is -2.00. The summed E-state index contributed by atoms with van der Waals surface area (Å²) in [4.78, 5) is 39.9. The molecule has 50 heavy (non-hydrogen) atoms. The number of aromatic nitrogens is 3. The van der Waals surface area contributed by atoms with Gasteiger partial charge < -0.3 is 36.0 Å². The maximum absolute atomic E-state index is 14.2. The van der Waals surface area contributed by atoms with Crippen LogP contribution in [0.3, 0.4) is 0 Å². The Balaban J connectivity index is 1.35. The van der Waals surface area contributed by atoms with Crippen LogP contribution in [-0.4, -0.2) is 72.0 Å². The number of allylic oxidation sites excluding steroid dienone is 1. The van der Waals surface area contributed by atoms with E-state index in [0.717, 1.165) is 5.56 Å². The number of aliphatic hydroxyl groups is 4. The quantitative estimate of drug-likeness (QED) is 0.109. The number of aliphatic hydroxyl groups excluding tert-OH is 3. The van der Waals surface area contributed by atoms with Crippen LogP contribution in [0.4, 0.5) is 17.1 Å². The largest absolute Gasteiger partial charge is 0.395 e. The molecule has 5 atom stereocenters. The van der Waals surface area contributed by atoms with Crippen LogP contribution in [0.2, 0.25) is 0 Å². The first-order chi connectivity index (χ1) is 23.9. The first-order valence-corrected chi connectivity index (χ1v) is 16.4. The molecule has 5 rings (SSSR count). The van der Waals surface area contributed by atoms with Gasteiger partial charge in [0.1, 0.15) is 12.2 Å². The molecule has 1 aromatic heterocycles. The van der Waals surface area contributed by atoms with Crippen molar-refractivity contribution in [2.24, 2.45) is 5.92 Å². The van der Waals surface area contributed by atoms with Gasteiger partial charge in [0, 0.05) is 35.6 Å². The van der Waals surface area contributed by atoms with Crippen molar-refractivity contribution < 1.29 is 34.8 Å². The number of benzene rings is 3. The Kier molecular flexibility index (Phi) is 11.2. The van der Waals surface area contributed by atoms with E-state index in [9.17, 15) is 34.8 Å². The normalized spacial score (nSPS) is 18.1. The number of hydrogen-bond donors (Lipinski definition) is 6. The lowest BCUT2D eigenvalue weighted by atomic mass is 9.82. The molecule has 1 unspecified atom stereocenters. The van der Waals surface area contributed by atoms with Crippen LogP contribution < -0.4 is 15.5 Å². The number of anilines is 3. The summed E-state index contributed by atoms with van der Waals surface area (Å²) in [7, 11) is 0. The average Bonchev–Trinajstić information content (AvgIpc) is 3.65. The number of rotatable bonds is 14. The Bertz CT molecular complexity index is 1860. The molecule has 0 saturated heterocycles. The highest BCUT2D eigenvalue weighted by Crippen LogP contribution is 2.47. The monoisotopic (exact) mass is 682 g/mol. The molecular formula is C37H42N6O7. The van der Waals surface area contributed by atoms with Gasteiger partial charge in [-0.25, -0.2) is 0 Å². The van der Waals surface area contributed by atoms with Gasteiger partial charge >= 0.3 is 0 Å². The summed E-state index contributed by atoms with van der Waals surface area (Å²) >= 11 is 0. The zero-order chi connectivity index (χ0) is 36.0. The van der Waals surface area contributed by atoms with Gasteiger partial charge in [-0.2, -0.15) is 0 Å². The molecule has 1 aliphatic rings. The van der Waals surface area contributed by atoms with Crippen LogP contribution in [0.5, 0.6) is 0 Å². The van der Waals surface area contributed by atoms with E-state index in [2.05, 4.69) is 20.9 Å². The van der Waals surface area contributed by atoms with E-state index in [1.54, 1.807) is 66.3 Å². The van der Waals surface area contributed by atoms with Crippen LogP contribution in [0.1, 0.15) is 55.5 Å². The van der Waals surface area contributed by atoms with Crippen molar-refractivity contribution in [3.8, 4) is 0 Å². The SMILES string of the molecule is C[C@H](O)C(=O)Nc1cccc(CN2C(=O)[C@@](O)([C@@H](C)/C=C/CCn3cc(C(CO)c4ccccc4)nn3)c3cc(NC(=O)[C@H](C)O)ccc32)c1. The molecule has 262 valence electrons. The third-order valence-corrected chi connectivity index (χ3v) is 8.74. The molecule has 0 spiro atoms. The van der Waals surface area contributed by atoms with Crippen molar-refractivity contribution in [2.45, 2.75) is 64.0 Å². The second kappa shape index (κ2) is 15.6. The molecule has 2 heterocycles. The minimum absolute atomic E-state index is 0.0643. The van der Waals surface area contributed by atoms with Crippen LogP contribution in [0.25, 0.3) is 0 Å². The Labute approximate surface area is 289 Å². The Morgan fingerprint density at radius 3 is 2.26 bits per heavy atom. The minimum Gasteiger partial charge on any atom is -0.395 e. The predicted octanol–water partition coefficient (Wildman–Crippen LogP) is 3.06. The van der Waals surface area contributed by atoms with Crippen molar-refractivity contribution in [3.63, 3.8) is 0 Å². The Morgan fingerprint density at radius 2 is 1.60 bits per heavy atom. The summed E-state index contributed by atoms with van der Waals surface area (Å²) in [5, 5.41) is 55.2. The Morgan fingerprint density at radius 1 is 0.920 bits per heavy atom. The maximum atomic E-state index is 14.2. The smallest absolute Gasteiger partial charge is 0.264 e. The summed E-state index contributed by atoms with van der Waals surface area (Å²) in [6.07, 6.45) is 3.45. The summed E-state index contributed by atoms with van der Waals surface area (Å²) in [5.41, 5.74) is 1.72. The molecule has 0 saturated carbocycles. The van der Waals surface area contributed by atoms with Crippen molar-refractivity contribution >= 4 is 34.8 Å². The summed E-state index contributed by atoms with van der Waals surface area (Å²) in [5.74, 6) is -2.78. The average molecular weight is 683 g/mol. The van der Waals surface area contributed by atoms with Gasteiger partial charge in [-0.3, -0.25) is 19.1 Å². The van der Waals surface area contributed by atoms with E-state index in [-0.39, 0.29) is 19.1 Å². The zero-order valence-corrected chi connectivity index (χ0v) is 28.1. The lowest BCUT2D eigenvalue weighted by molar-refractivity contribution is -0.139. The number of aryl methyl sites for hydroxylation is 1. The van der Waals surface area contributed by atoms with Gasteiger partial charge in [0.2, 0.25) is 0 Å². The first kappa shape index (κ1) is 36.1. The first-order valence-electron chi connectivity index (χ1n) is 16.4. The molecule has 0 radical (unpaired) electrons. The number of carbonyl (C=O) groups is 3. The molecule has 13 heteroatoms. The van der Waals surface area contributed by atoms with Crippen LogP contribution in [-0.2, 0) is 33.1 Å². The highest BCUT2D eigenvalue weighted by atomic mass is 16.3. The maximum Gasteiger partial charge on any atom is 0.264 e. The zero-order valence-electron chi connectivity index (χ0n) is 28.1. The van der Waals surface area contributed by atoms with Gasteiger partial charge in [0.15, 0.2) is 5.60 Å². The summed E-state index contributed by atoms with van der Waals surface area (Å²) < 4.78 is 1.68. The lowest BCUT2D eigenvalue weighted by Crippen LogP contribution is -2.44. The highest BCUT2D eigenvalue weighted by molar-refractivity contribution is 6.08. The number of fused-ring (bicyclic) bond motifs is 1. The molecule has 1 aliphatic heterocycles. The molecule has 0 aliphatic carbocycles. The topological polar surface area (TPSA) is 190 Å². The molecule has 3 amide bonds. The number of carbonyl (C=O) groups excluding carboxylic acids is 3. The van der Waals surface area contributed by atoms with Crippen LogP contribution in [0, 0.1) is 5.92 Å². The molecule has 6 N–H and O–H groups in total. The van der Waals surface area contributed by atoms with E-state index in [4.69, 9.17) is 0 Å². The van der Waals surface area contributed by atoms with Gasteiger partial charge in [0.25, 0.3) is 17.7 Å². The van der Waals surface area contributed by atoms with E-state index in [0.29, 0.717) is 46.8 Å². The van der Waals surface area contributed by atoms with E-state index >= 15 is 0 Å². The second-order valence-electron chi connectivity index (χ2n) is 12.5. The fourth-order valence-electron chi connectivity index (χ4n) is 5.89. The molecule has 13 nitrogen and oxygen atoms in total. The summed E-state index contributed by atoms with van der Waals surface area (Å²) in [6, 6.07) is 21.2. The molecule has 0 fully saturated rings. The molecule has 0 bridgehead atoms. The van der Waals surface area contributed by atoms with Gasteiger partial charge in [0.05, 0.1) is 30.5 Å². The predicted molar refractivity (Wildman–Crippen MR) is 187 cm³/mol. The van der Waals surface area contributed by atoms with E-state index in [1.165, 1.54) is 18.7 Å². The second-order valence-corrected chi connectivity index (χ2v) is 12.5. The highest BCUT2D eigenvalue weighted by Gasteiger charge is 2.52. The van der Waals surface area contributed by atoms with Crippen LogP contribution in [0.15, 0.2) is 91.1 Å². The fourth-order valence-corrected chi connectivity index (χ4v) is 5.89. The van der Waals surface area contributed by atoms with Crippen molar-refractivity contribution in [2.75, 3.05) is 22.1 Å². The third kappa shape index (κ3) is 7.81. The van der Waals surface area contributed by atoms with E-state index < -0.39 is 41.4 Å². The third-order valence-electron chi connectivity index (χ3n) is 8.74. The molecule has 4 aromatic rings. The van der Waals surface area contributed by atoms with E-state index in [1.807, 2.05) is 36.4 Å². The molecule has 3 aromatic carbocycles. The number of nitrogens with one attached hydrogen (secondary N) is 2. The lowest BCUT2D eigenvalue weighted by Gasteiger charge is -2.28. The van der Waals surface area contributed by atoms with Gasteiger partial charge in [-0.05, 0) is 61.7 Å². The van der Waals surface area contributed by atoms with Gasteiger partial charge in [-0.15, -0.1) is 5.10 Å². The van der Waals surface area contributed by atoms with Crippen molar-refractivity contribution in [1.82, 2.24) is 15.0 Å². The molecular weight excluding hydrogens is 640 g/mol. The van der Waals surface area contributed by atoms with Crippen molar-refractivity contribution in [3.05, 3.63) is 114 Å². The number of nitrogens with zero attached hydrogens (tertiary/aromatic N) is 4. The Hall–Kier alpha value is -5.21. The number of hydrogen-bond acceptors (Lipinski definition) is 9. The summed E-state index contributed by atoms with van der Waals surface area (Å²) in [6.45, 7) is 4.85. The van der Waals surface area contributed by atoms with Crippen molar-refractivity contribution in [1.29, 1.82) is 0 Å².